The molecule has 1 fully saturated rings. The van der Waals surface area contributed by atoms with Crippen molar-refractivity contribution in [2.45, 2.75) is 25.3 Å². The largest absolute Gasteiger partial charge is 0.378 e. The monoisotopic (exact) mass is 261 g/mol. The smallest absolute Gasteiger partial charge is 0.251 e. The number of amides is 1. The number of benzene rings is 1. The van der Waals surface area contributed by atoms with E-state index in [4.69, 9.17) is 0 Å². The molecule has 1 atom stereocenters. The van der Waals surface area contributed by atoms with Gasteiger partial charge in [0.05, 0.1) is 0 Å². The van der Waals surface area contributed by atoms with E-state index in [1.807, 2.05) is 43.3 Å². The van der Waals surface area contributed by atoms with Gasteiger partial charge in [0.15, 0.2) is 0 Å². The summed E-state index contributed by atoms with van der Waals surface area (Å²) in [5.74, 6) is 0.0155. The van der Waals surface area contributed by atoms with E-state index in [2.05, 4.69) is 10.6 Å². The molecule has 104 valence electrons. The molecule has 0 unspecified atom stereocenters. The molecule has 0 spiro atoms. The summed E-state index contributed by atoms with van der Waals surface area (Å²) in [7, 11) is 3.95. The molecule has 1 aliphatic rings. The number of carbonyl (C=O) groups is 1. The van der Waals surface area contributed by atoms with Crippen molar-refractivity contribution in [1.29, 1.82) is 0 Å². The minimum Gasteiger partial charge on any atom is -0.378 e. The molecular formula is C15H23N3O. The van der Waals surface area contributed by atoms with Crippen molar-refractivity contribution in [1.82, 2.24) is 10.6 Å². The van der Waals surface area contributed by atoms with Crippen LogP contribution in [0, 0.1) is 0 Å². The highest BCUT2D eigenvalue weighted by Crippen LogP contribution is 2.13. The van der Waals surface area contributed by atoms with Crippen LogP contribution in [0.5, 0.6) is 0 Å². The summed E-state index contributed by atoms with van der Waals surface area (Å²) in [5, 5.41) is 6.43. The van der Waals surface area contributed by atoms with Crippen LogP contribution in [0.3, 0.4) is 0 Å². The van der Waals surface area contributed by atoms with Crippen molar-refractivity contribution in [3.05, 3.63) is 29.8 Å². The summed E-state index contributed by atoms with van der Waals surface area (Å²) in [6, 6.07) is 8.27. The number of hydrogen-bond acceptors (Lipinski definition) is 3. The van der Waals surface area contributed by atoms with Crippen LogP contribution in [0.15, 0.2) is 24.3 Å². The van der Waals surface area contributed by atoms with Crippen LogP contribution in [0.4, 0.5) is 5.69 Å². The summed E-state index contributed by atoms with van der Waals surface area (Å²) in [5.41, 5.74) is 1.77. The van der Waals surface area contributed by atoms with E-state index < -0.39 is 0 Å². The van der Waals surface area contributed by atoms with Crippen molar-refractivity contribution < 1.29 is 4.79 Å². The molecule has 1 amide bonds. The lowest BCUT2D eigenvalue weighted by atomic mass is 10.1. The van der Waals surface area contributed by atoms with E-state index in [-0.39, 0.29) is 5.91 Å². The molecule has 0 bridgehead atoms. The van der Waals surface area contributed by atoms with Gasteiger partial charge in [0.1, 0.15) is 0 Å². The SMILES string of the molecule is CN(C)c1cccc(C(=O)NCC[C@@H]2CCCN2)c1. The first kappa shape index (κ1) is 13.9. The molecule has 0 aliphatic carbocycles. The van der Waals surface area contributed by atoms with Crippen LogP contribution in [0.1, 0.15) is 29.6 Å². The molecule has 1 saturated heterocycles. The Morgan fingerprint density at radius 1 is 1.47 bits per heavy atom. The summed E-state index contributed by atoms with van der Waals surface area (Å²) in [6.45, 7) is 1.85. The van der Waals surface area contributed by atoms with Crippen LogP contribution >= 0.6 is 0 Å². The first-order chi connectivity index (χ1) is 9.16. The van der Waals surface area contributed by atoms with Crippen molar-refractivity contribution >= 4 is 11.6 Å². The molecule has 4 heteroatoms. The predicted molar refractivity (Wildman–Crippen MR) is 78.7 cm³/mol. The molecule has 2 N–H and O–H groups in total. The van der Waals surface area contributed by atoms with Gasteiger partial charge in [-0.2, -0.15) is 0 Å². The van der Waals surface area contributed by atoms with Crippen molar-refractivity contribution in [2.24, 2.45) is 0 Å². The van der Waals surface area contributed by atoms with E-state index in [0.717, 1.165) is 30.8 Å². The lowest BCUT2D eigenvalue weighted by molar-refractivity contribution is 0.0952. The predicted octanol–water partition coefficient (Wildman–Crippen LogP) is 1.62. The average molecular weight is 261 g/mol. The van der Waals surface area contributed by atoms with Crippen LogP contribution in [0.25, 0.3) is 0 Å². The lowest BCUT2D eigenvalue weighted by Crippen LogP contribution is -2.30. The zero-order valence-electron chi connectivity index (χ0n) is 11.8. The lowest BCUT2D eigenvalue weighted by Gasteiger charge is -2.14. The summed E-state index contributed by atoms with van der Waals surface area (Å²) < 4.78 is 0. The van der Waals surface area contributed by atoms with E-state index in [1.165, 1.54) is 12.8 Å². The molecule has 1 heterocycles. The van der Waals surface area contributed by atoms with E-state index in [1.54, 1.807) is 0 Å². The summed E-state index contributed by atoms with van der Waals surface area (Å²) >= 11 is 0. The Balaban J connectivity index is 1.83. The van der Waals surface area contributed by atoms with Crippen LogP contribution in [-0.2, 0) is 0 Å². The topological polar surface area (TPSA) is 44.4 Å². The fraction of sp³-hybridized carbons (Fsp3) is 0.533. The maximum absolute atomic E-state index is 12.0. The third kappa shape index (κ3) is 3.96. The fourth-order valence-corrected chi connectivity index (χ4v) is 2.39. The molecular weight excluding hydrogens is 238 g/mol. The van der Waals surface area contributed by atoms with Gasteiger partial charge in [0.2, 0.25) is 0 Å². The van der Waals surface area contributed by atoms with E-state index in [9.17, 15) is 4.79 Å². The second-order valence-electron chi connectivity index (χ2n) is 5.28. The minimum atomic E-state index is 0.0155. The zero-order valence-corrected chi connectivity index (χ0v) is 11.8. The second kappa shape index (κ2) is 6.57. The highest BCUT2D eigenvalue weighted by atomic mass is 16.1. The Morgan fingerprint density at radius 2 is 2.32 bits per heavy atom. The molecule has 2 rings (SSSR count). The quantitative estimate of drug-likeness (QED) is 0.846. The number of nitrogens with one attached hydrogen (secondary N) is 2. The number of anilines is 1. The van der Waals surface area contributed by atoms with Crippen LogP contribution in [-0.4, -0.2) is 39.1 Å². The van der Waals surface area contributed by atoms with E-state index in [0.29, 0.717) is 6.04 Å². The van der Waals surface area contributed by atoms with Gasteiger partial charge in [-0.1, -0.05) is 6.07 Å². The van der Waals surface area contributed by atoms with Gasteiger partial charge in [-0.3, -0.25) is 4.79 Å². The molecule has 4 nitrogen and oxygen atoms in total. The molecule has 1 aliphatic heterocycles. The fourth-order valence-electron chi connectivity index (χ4n) is 2.39. The maximum Gasteiger partial charge on any atom is 0.251 e. The van der Waals surface area contributed by atoms with Gasteiger partial charge in [-0.05, 0) is 44.0 Å². The standard InChI is InChI=1S/C15H23N3O/c1-18(2)14-7-3-5-12(11-14)15(19)17-10-8-13-6-4-9-16-13/h3,5,7,11,13,16H,4,6,8-10H2,1-2H3,(H,17,19)/t13-/m0/s1. The number of rotatable bonds is 5. The molecule has 0 radical (unpaired) electrons. The van der Waals surface area contributed by atoms with E-state index >= 15 is 0 Å². The Kier molecular flexibility index (Phi) is 4.80. The normalized spacial score (nSPS) is 18.3. The van der Waals surface area contributed by atoms with Crippen molar-refractivity contribution in [3.8, 4) is 0 Å². The van der Waals surface area contributed by atoms with Crippen molar-refractivity contribution in [3.63, 3.8) is 0 Å². The summed E-state index contributed by atoms with van der Waals surface area (Å²) in [4.78, 5) is 14.0. The van der Waals surface area contributed by atoms with Gasteiger partial charge >= 0.3 is 0 Å². The van der Waals surface area contributed by atoms with Gasteiger partial charge < -0.3 is 15.5 Å². The zero-order chi connectivity index (χ0) is 13.7. The van der Waals surface area contributed by atoms with Crippen molar-refractivity contribution in [2.75, 3.05) is 32.1 Å². The number of nitrogens with zero attached hydrogens (tertiary/aromatic N) is 1. The Morgan fingerprint density at radius 3 is 3.00 bits per heavy atom. The maximum atomic E-state index is 12.0. The third-order valence-corrected chi connectivity index (χ3v) is 3.57. The van der Waals surface area contributed by atoms with Gasteiger partial charge in [0, 0.05) is 37.9 Å². The number of hydrogen-bond donors (Lipinski definition) is 2. The van der Waals surface area contributed by atoms with Crippen LogP contribution in [0.2, 0.25) is 0 Å². The van der Waals surface area contributed by atoms with Gasteiger partial charge in [-0.25, -0.2) is 0 Å². The highest BCUT2D eigenvalue weighted by Gasteiger charge is 2.14. The minimum absolute atomic E-state index is 0.0155. The van der Waals surface area contributed by atoms with Gasteiger partial charge in [0.25, 0.3) is 5.91 Å². The van der Waals surface area contributed by atoms with Gasteiger partial charge in [-0.15, -0.1) is 0 Å². The summed E-state index contributed by atoms with van der Waals surface area (Å²) in [6.07, 6.45) is 3.49. The Bertz CT molecular complexity index is 425. The number of carbonyl (C=O) groups excluding carboxylic acids is 1. The Labute approximate surface area is 115 Å². The first-order valence-corrected chi connectivity index (χ1v) is 6.96. The molecule has 1 aromatic carbocycles. The highest BCUT2D eigenvalue weighted by molar-refractivity contribution is 5.95. The molecule has 19 heavy (non-hydrogen) atoms. The van der Waals surface area contributed by atoms with Crippen LogP contribution < -0.4 is 15.5 Å². The molecule has 0 aromatic heterocycles. The second-order valence-corrected chi connectivity index (χ2v) is 5.28. The molecule has 1 aromatic rings. The Hall–Kier alpha value is -1.55. The molecule has 0 saturated carbocycles. The third-order valence-electron chi connectivity index (χ3n) is 3.57. The average Bonchev–Trinajstić information content (AvgIpc) is 2.92. The first-order valence-electron chi connectivity index (χ1n) is 6.96.